The third-order valence-corrected chi connectivity index (χ3v) is 3.44. The maximum absolute atomic E-state index is 12.2. The average Bonchev–Trinajstić information content (AvgIpc) is 2.38. The zero-order valence-electron chi connectivity index (χ0n) is 11.3. The molecular formula is C14H16N4O2. The summed E-state index contributed by atoms with van der Waals surface area (Å²) < 4.78 is 1.59. The van der Waals surface area contributed by atoms with E-state index in [1.54, 1.807) is 10.5 Å². The van der Waals surface area contributed by atoms with Gasteiger partial charge in [-0.2, -0.15) is 0 Å². The molecule has 1 fully saturated rings. The Labute approximate surface area is 116 Å². The van der Waals surface area contributed by atoms with Crippen molar-refractivity contribution >= 4 is 11.6 Å². The molecule has 0 spiro atoms. The Kier molecular flexibility index (Phi) is 3.23. The summed E-state index contributed by atoms with van der Waals surface area (Å²) in [5, 5.41) is 2.78. The summed E-state index contributed by atoms with van der Waals surface area (Å²) in [5.74, 6) is 0.0182. The Bertz CT molecular complexity index is 723. The zero-order chi connectivity index (χ0) is 14.1. The number of aryl methyl sites for hydroxylation is 1. The predicted molar refractivity (Wildman–Crippen MR) is 74.5 cm³/mol. The number of piperazine rings is 1. The van der Waals surface area contributed by atoms with Crippen LogP contribution in [-0.2, 0) is 11.3 Å². The van der Waals surface area contributed by atoms with Crippen molar-refractivity contribution in [2.45, 2.75) is 13.5 Å². The van der Waals surface area contributed by atoms with Crippen LogP contribution in [0.25, 0.3) is 5.65 Å². The normalized spacial score (nSPS) is 16.4. The summed E-state index contributed by atoms with van der Waals surface area (Å²) in [7, 11) is 0. The van der Waals surface area contributed by atoms with E-state index in [1.807, 2.05) is 30.0 Å². The fourth-order valence-electron chi connectivity index (χ4n) is 2.50. The van der Waals surface area contributed by atoms with E-state index in [-0.39, 0.29) is 11.5 Å². The Morgan fingerprint density at radius 1 is 1.35 bits per heavy atom. The van der Waals surface area contributed by atoms with Gasteiger partial charge in [-0.25, -0.2) is 4.98 Å². The van der Waals surface area contributed by atoms with Gasteiger partial charge in [0, 0.05) is 31.4 Å². The third-order valence-electron chi connectivity index (χ3n) is 3.44. The molecule has 1 N–H and O–H groups in total. The molecule has 1 saturated heterocycles. The van der Waals surface area contributed by atoms with E-state index in [1.165, 1.54) is 0 Å². The number of hydrogen-bond acceptors (Lipinski definition) is 4. The van der Waals surface area contributed by atoms with E-state index >= 15 is 0 Å². The molecule has 2 aromatic heterocycles. The third kappa shape index (κ3) is 2.42. The Morgan fingerprint density at radius 2 is 2.20 bits per heavy atom. The lowest BCUT2D eigenvalue weighted by atomic mass is 10.3. The molecule has 1 aliphatic heterocycles. The van der Waals surface area contributed by atoms with Crippen molar-refractivity contribution in [1.29, 1.82) is 0 Å². The maximum Gasteiger partial charge on any atom is 0.258 e. The smallest absolute Gasteiger partial charge is 0.258 e. The molecule has 0 bridgehead atoms. The van der Waals surface area contributed by atoms with E-state index < -0.39 is 0 Å². The van der Waals surface area contributed by atoms with Gasteiger partial charge in [0.1, 0.15) is 5.65 Å². The fraction of sp³-hybridized carbons (Fsp3) is 0.357. The lowest BCUT2D eigenvalue weighted by Gasteiger charge is -2.25. The summed E-state index contributed by atoms with van der Waals surface area (Å²) in [6, 6.07) is 7.13. The van der Waals surface area contributed by atoms with Crippen LogP contribution in [-0.4, -0.2) is 39.8 Å². The number of rotatable bonds is 2. The minimum Gasteiger partial charge on any atom is -0.354 e. The topological polar surface area (TPSA) is 66.7 Å². The van der Waals surface area contributed by atoms with Gasteiger partial charge in [-0.05, 0) is 19.1 Å². The number of amides is 1. The number of fused-ring (bicyclic) bond motifs is 1. The molecule has 6 heteroatoms. The van der Waals surface area contributed by atoms with E-state index in [0.717, 1.165) is 12.2 Å². The molecule has 0 aliphatic carbocycles. The highest BCUT2D eigenvalue weighted by atomic mass is 16.2. The lowest BCUT2D eigenvalue weighted by molar-refractivity contribution is -0.124. The van der Waals surface area contributed by atoms with Gasteiger partial charge in [-0.1, -0.05) is 6.07 Å². The fourth-order valence-corrected chi connectivity index (χ4v) is 2.50. The van der Waals surface area contributed by atoms with Gasteiger partial charge in [0.2, 0.25) is 5.91 Å². The number of nitrogens with one attached hydrogen (secondary N) is 1. The number of aromatic nitrogens is 2. The molecule has 0 unspecified atom stereocenters. The van der Waals surface area contributed by atoms with Crippen LogP contribution in [0.4, 0.5) is 0 Å². The first-order valence-corrected chi connectivity index (χ1v) is 6.61. The number of nitrogens with zero attached hydrogens (tertiary/aromatic N) is 3. The van der Waals surface area contributed by atoms with Crippen LogP contribution >= 0.6 is 0 Å². The van der Waals surface area contributed by atoms with Gasteiger partial charge in [0.25, 0.3) is 5.56 Å². The van der Waals surface area contributed by atoms with Gasteiger partial charge in [0.15, 0.2) is 0 Å². The molecular weight excluding hydrogens is 256 g/mol. The highest BCUT2D eigenvalue weighted by molar-refractivity contribution is 5.78. The van der Waals surface area contributed by atoms with Gasteiger partial charge in [-0.15, -0.1) is 0 Å². The summed E-state index contributed by atoms with van der Waals surface area (Å²) in [6.45, 7) is 4.18. The average molecular weight is 272 g/mol. The molecule has 1 aliphatic rings. The second kappa shape index (κ2) is 5.05. The van der Waals surface area contributed by atoms with Crippen molar-refractivity contribution in [3.05, 3.63) is 46.0 Å². The summed E-state index contributed by atoms with van der Waals surface area (Å²) in [6.07, 6.45) is 0. The second-order valence-corrected chi connectivity index (χ2v) is 5.01. The molecule has 0 radical (unpaired) electrons. The Hall–Kier alpha value is -2.21. The first-order valence-electron chi connectivity index (χ1n) is 6.61. The number of carbonyl (C=O) groups excluding carboxylic acids is 1. The van der Waals surface area contributed by atoms with Crippen molar-refractivity contribution < 1.29 is 4.79 Å². The Morgan fingerprint density at radius 3 is 3.00 bits per heavy atom. The molecule has 0 saturated carbocycles. The van der Waals surface area contributed by atoms with Crippen LogP contribution in [0, 0.1) is 6.92 Å². The highest BCUT2D eigenvalue weighted by Gasteiger charge is 2.17. The highest BCUT2D eigenvalue weighted by Crippen LogP contribution is 2.06. The van der Waals surface area contributed by atoms with Crippen LogP contribution in [0.2, 0.25) is 0 Å². The van der Waals surface area contributed by atoms with Crippen molar-refractivity contribution in [3.63, 3.8) is 0 Å². The first kappa shape index (κ1) is 12.8. The molecule has 0 atom stereocenters. The standard InChI is InChI=1S/C14H16N4O2/c1-10-3-2-4-12-16-11(7-14(20)18(10)12)8-17-6-5-15-13(19)9-17/h2-4,7H,5-6,8-9H2,1H3,(H,15,19). The van der Waals surface area contributed by atoms with Crippen LogP contribution in [0.1, 0.15) is 11.4 Å². The van der Waals surface area contributed by atoms with Crippen molar-refractivity contribution in [2.75, 3.05) is 19.6 Å². The van der Waals surface area contributed by atoms with Gasteiger partial charge in [0.05, 0.1) is 12.2 Å². The van der Waals surface area contributed by atoms with Gasteiger partial charge >= 0.3 is 0 Å². The number of hydrogen-bond donors (Lipinski definition) is 1. The number of carbonyl (C=O) groups is 1. The van der Waals surface area contributed by atoms with Gasteiger partial charge in [-0.3, -0.25) is 18.9 Å². The first-order chi connectivity index (χ1) is 9.63. The minimum atomic E-state index is -0.0791. The quantitative estimate of drug-likeness (QED) is 0.831. The van der Waals surface area contributed by atoms with Crippen molar-refractivity contribution in [2.24, 2.45) is 0 Å². The second-order valence-electron chi connectivity index (χ2n) is 5.01. The van der Waals surface area contributed by atoms with E-state index in [2.05, 4.69) is 10.3 Å². The van der Waals surface area contributed by atoms with Crippen molar-refractivity contribution in [3.8, 4) is 0 Å². The van der Waals surface area contributed by atoms with Crippen LogP contribution in [0.3, 0.4) is 0 Å². The van der Waals surface area contributed by atoms with Crippen LogP contribution in [0.15, 0.2) is 29.1 Å². The molecule has 104 valence electrons. The lowest BCUT2D eigenvalue weighted by Crippen LogP contribution is -2.47. The monoisotopic (exact) mass is 272 g/mol. The molecule has 0 aromatic carbocycles. The van der Waals surface area contributed by atoms with Crippen molar-refractivity contribution in [1.82, 2.24) is 19.6 Å². The maximum atomic E-state index is 12.2. The number of pyridine rings is 1. The summed E-state index contributed by atoms with van der Waals surface area (Å²) in [4.78, 5) is 30.0. The Balaban J connectivity index is 1.93. The molecule has 20 heavy (non-hydrogen) atoms. The van der Waals surface area contributed by atoms with Crippen LogP contribution in [0.5, 0.6) is 0 Å². The molecule has 3 heterocycles. The van der Waals surface area contributed by atoms with E-state index in [4.69, 9.17) is 0 Å². The molecule has 6 nitrogen and oxygen atoms in total. The predicted octanol–water partition coefficient (Wildman–Crippen LogP) is -0.0653. The zero-order valence-corrected chi connectivity index (χ0v) is 11.3. The summed E-state index contributed by atoms with van der Waals surface area (Å²) >= 11 is 0. The minimum absolute atomic E-state index is 0.0182. The molecule has 2 aromatic rings. The summed E-state index contributed by atoms with van der Waals surface area (Å²) in [5.41, 5.74) is 2.14. The molecule has 1 amide bonds. The van der Waals surface area contributed by atoms with Crippen LogP contribution < -0.4 is 10.9 Å². The van der Waals surface area contributed by atoms with Gasteiger partial charge < -0.3 is 5.32 Å². The van der Waals surface area contributed by atoms with E-state index in [0.29, 0.717) is 31.0 Å². The largest absolute Gasteiger partial charge is 0.354 e. The van der Waals surface area contributed by atoms with E-state index in [9.17, 15) is 9.59 Å². The SMILES string of the molecule is Cc1cccc2nc(CN3CCNC(=O)C3)cc(=O)n12. The molecule has 3 rings (SSSR count).